The number of nitrogens with zero attached hydrogens (tertiary/aromatic N) is 2. The molecule has 4 rings (SSSR count). The number of aromatic amines is 1. The van der Waals surface area contributed by atoms with Crippen molar-refractivity contribution in [1.29, 1.82) is 0 Å². The molecule has 1 saturated heterocycles. The minimum Gasteiger partial charge on any atom is -0.493 e. The van der Waals surface area contributed by atoms with Crippen molar-refractivity contribution < 1.29 is 19.0 Å². The second-order valence-corrected chi connectivity index (χ2v) is 7.44. The van der Waals surface area contributed by atoms with E-state index in [1.807, 2.05) is 11.1 Å². The minimum absolute atomic E-state index is 0.194. The second-order valence-electron chi connectivity index (χ2n) is 7.44. The average Bonchev–Trinajstić information content (AvgIpc) is 3.25. The van der Waals surface area contributed by atoms with E-state index in [0.29, 0.717) is 32.5 Å². The Balaban J connectivity index is 1.46. The molecule has 7 heteroatoms. The summed E-state index contributed by atoms with van der Waals surface area (Å²) >= 11 is 0. The lowest BCUT2D eigenvalue weighted by molar-refractivity contribution is -0.140. The Hall–Kier alpha value is -2.54. The smallest absolute Gasteiger partial charge is 0.222 e. The molecule has 1 aromatic carbocycles. The molecule has 1 N–H and O–H groups in total. The number of fused-ring (bicyclic) bond motifs is 2. The molecule has 2 aromatic rings. The van der Waals surface area contributed by atoms with Crippen LogP contribution in [-0.4, -0.2) is 54.9 Å². The first-order valence-corrected chi connectivity index (χ1v) is 9.80. The van der Waals surface area contributed by atoms with Crippen molar-refractivity contribution in [3.63, 3.8) is 0 Å². The average molecular weight is 385 g/mol. The van der Waals surface area contributed by atoms with E-state index in [1.54, 1.807) is 20.4 Å². The highest BCUT2D eigenvalue weighted by molar-refractivity contribution is 5.76. The molecule has 0 aliphatic carbocycles. The Morgan fingerprint density at radius 1 is 1.25 bits per heavy atom. The van der Waals surface area contributed by atoms with Crippen LogP contribution in [0.2, 0.25) is 0 Å². The third-order valence-electron chi connectivity index (χ3n) is 5.96. The molecule has 0 radical (unpaired) electrons. The molecule has 3 heterocycles. The molecule has 2 aliphatic heterocycles. The van der Waals surface area contributed by atoms with Gasteiger partial charge in [0.15, 0.2) is 11.5 Å². The molecule has 0 saturated carbocycles. The predicted molar refractivity (Wildman–Crippen MR) is 104 cm³/mol. The van der Waals surface area contributed by atoms with E-state index in [0.717, 1.165) is 36.3 Å². The van der Waals surface area contributed by atoms with Gasteiger partial charge in [0.25, 0.3) is 0 Å². The second kappa shape index (κ2) is 7.83. The number of aromatic nitrogens is 2. The number of nitrogens with one attached hydrogen (secondary N) is 1. The standard InChI is InChI=1S/C21H27N3O4/c1-26-18-11-16-5-10-28-21(17(16)12-19(18)27-2)6-8-24(9-7-21)20(25)4-3-15-13-22-23-14-15/h11-14H,3-10H2,1-2H3,(H,22,23). The molecular formula is C21H27N3O4. The number of rotatable bonds is 5. The molecule has 28 heavy (non-hydrogen) atoms. The lowest BCUT2D eigenvalue weighted by atomic mass is 9.79. The summed E-state index contributed by atoms with van der Waals surface area (Å²) in [4.78, 5) is 14.6. The molecule has 1 aromatic heterocycles. The number of hydrogen-bond donors (Lipinski definition) is 1. The first-order valence-electron chi connectivity index (χ1n) is 9.80. The van der Waals surface area contributed by atoms with Crippen molar-refractivity contribution >= 4 is 5.91 Å². The van der Waals surface area contributed by atoms with E-state index in [4.69, 9.17) is 14.2 Å². The van der Waals surface area contributed by atoms with Crippen LogP contribution < -0.4 is 9.47 Å². The quantitative estimate of drug-likeness (QED) is 0.856. The molecule has 150 valence electrons. The van der Waals surface area contributed by atoms with Gasteiger partial charge in [-0.3, -0.25) is 9.89 Å². The Labute approximate surface area is 165 Å². The fraction of sp³-hybridized carbons (Fsp3) is 0.524. The van der Waals surface area contributed by atoms with Crippen molar-refractivity contribution in [3.05, 3.63) is 41.2 Å². The van der Waals surface area contributed by atoms with Crippen LogP contribution in [0.25, 0.3) is 0 Å². The highest BCUT2D eigenvalue weighted by Gasteiger charge is 2.42. The van der Waals surface area contributed by atoms with Gasteiger partial charge in [-0.1, -0.05) is 0 Å². The number of ether oxygens (including phenoxy) is 3. The third-order valence-corrected chi connectivity index (χ3v) is 5.96. The zero-order chi connectivity index (χ0) is 19.6. The number of piperidine rings is 1. The lowest BCUT2D eigenvalue weighted by Crippen LogP contribution is -2.48. The highest BCUT2D eigenvalue weighted by atomic mass is 16.5. The number of H-pyrrole nitrogens is 1. The van der Waals surface area contributed by atoms with Crippen LogP contribution in [0.4, 0.5) is 0 Å². The van der Waals surface area contributed by atoms with E-state index < -0.39 is 0 Å². The Morgan fingerprint density at radius 2 is 2.00 bits per heavy atom. The summed E-state index contributed by atoms with van der Waals surface area (Å²) in [6, 6.07) is 4.13. The predicted octanol–water partition coefficient (Wildman–Crippen LogP) is 2.45. The van der Waals surface area contributed by atoms with Gasteiger partial charge in [-0.25, -0.2) is 0 Å². The van der Waals surface area contributed by atoms with E-state index in [2.05, 4.69) is 22.3 Å². The minimum atomic E-state index is -0.339. The first-order chi connectivity index (χ1) is 13.6. The largest absolute Gasteiger partial charge is 0.493 e. The molecule has 1 amide bonds. The van der Waals surface area contributed by atoms with Gasteiger partial charge in [-0.2, -0.15) is 5.10 Å². The van der Waals surface area contributed by atoms with Crippen molar-refractivity contribution in [2.45, 2.75) is 37.7 Å². The Morgan fingerprint density at radius 3 is 2.68 bits per heavy atom. The molecule has 0 bridgehead atoms. The van der Waals surface area contributed by atoms with Gasteiger partial charge >= 0.3 is 0 Å². The van der Waals surface area contributed by atoms with Crippen molar-refractivity contribution in [1.82, 2.24) is 15.1 Å². The number of carbonyl (C=O) groups is 1. The van der Waals surface area contributed by atoms with E-state index in [9.17, 15) is 4.79 Å². The number of methoxy groups -OCH3 is 2. The van der Waals surface area contributed by atoms with Crippen LogP contribution in [0.3, 0.4) is 0 Å². The van der Waals surface area contributed by atoms with E-state index >= 15 is 0 Å². The number of hydrogen-bond acceptors (Lipinski definition) is 5. The molecule has 0 atom stereocenters. The van der Waals surface area contributed by atoms with Crippen LogP contribution in [0, 0.1) is 0 Å². The van der Waals surface area contributed by atoms with Gasteiger partial charge in [0.1, 0.15) is 0 Å². The first kappa shape index (κ1) is 18.8. The van der Waals surface area contributed by atoms with Crippen LogP contribution in [0.5, 0.6) is 11.5 Å². The number of likely N-dealkylation sites (tertiary alicyclic amines) is 1. The van der Waals surface area contributed by atoms with Crippen molar-refractivity contribution in [2.24, 2.45) is 0 Å². The third kappa shape index (κ3) is 3.46. The van der Waals surface area contributed by atoms with Gasteiger partial charge in [0.2, 0.25) is 5.91 Å². The molecule has 7 nitrogen and oxygen atoms in total. The summed E-state index contributed by atoms with van der Waals surface area (Å²) in [6.45, 7) is 2.10. The Bertz CT molecular complexity index is 826. The molecule has 1 fully saturated rings. The van der Waals surface area contributed by atoms with E-state index in [1.165, 1.54) is 11.1 Å². The number of carbonyl (C=O) groups excluding carboxylic acids is 1. The maximum Gasteiger partial charge on any atom is 0.222 e. The maximum atomic E-state index is 12.6. The van der Waals surface area contributed by atoms with Crippen LogP contribution >= 0.6 is 0 Å². The SMILES string of the molecule is COc1cc2c(cc1OC)C1(CCN(C(=O)CCc3cn[nH]c3)CC1)OCC2. The van der Waals surface area contributed by atoms with E-state index in [-0.39, 0.29) is 11.5 Å². The fourth-order valence-electron chi connectivity index (χ4n) is 4.34. The van der Waals surface area contributed by atoms with Gasteiger partial charge in [-0.05, 0) is 54.5 Å². The summed E-state index contributed by atoms with van der Waals surface area (Å²) in [6.07, 6.45) is 7.30. The van der Waals surface area contributed by atoms with Crippen molar-refractivity contribution in [2.75, 3.05) is 33.9 Å². The summed E-state index contributed by atoms with van der Waals surface area (Å²) in [5, 5.41) is 6.72. The topological polar surface area (TPSA) is 76.7 Å². The molecule has 1 spiro atoms. The number of benzene rings is 1. The zero-order valence-electron chi connectivity index (χ0n) is 16.5. The Kier molecular flexibility index (Phi) is 5.26. The fourth-order valence-corrected chi connectivity index (χ4v) is 4.34. The lowest BCUT2D eigenvalue weighted by Gasteiger charge is -2.45. The summed E-state index contributed by atoms with van der Waals surface area (Å²) in [7, 11) is 3.31. The van der Waals surface area contributed by atoms with Gasteiger partial charge in [0.05, 0.1) is 32.6 Å². The number of aryl methyl sites for hydroxylation is 1. The van der Waals surface area contributed by atoms with Crippen molar-refractivity contribution in [3.8, 4) is 11.5 Å². The molecule has 0 unspecified atom stereocenters. The maximum absolute atomic E-state index is 12.6. The summed E-state index contributed by atoms with van der Waals surface area (Å²) in [5.74, 6) is 1.68. The van der Waals surface area contributed by atoms with Crippen LogP contribution in [-0.2, 0) is 28.0 Å². The highest BCUT2D eigenvalue weighted by Crippen LogP contribution is 2.45. The van der Waals surface area contributed by atoms with Gasteiger partial charge in [-0.15, -0.1) is 0 Å². The summed E-state index contributed by atoms with van der Waals surface area (Å²) in [5.41, 5.74) is 3.16. The van der Waals surface area contributed by atoms with Gasteiger partial charge < -0.3 is 19.1 Å². The monoisotopic (exact) mass is 385 g/mol. The van der Waals surface area contributed by atoms with Crippen LogP contribution in [0.1, 0.15) is 36.0 Å². The molecular weight excluding hydrogens is 358 g/mol. The normalized spacial score (nSPS) is 18.0. The summed E-state index contributed by atoms with van der Waals surface area (Å²) < 4.78 is 17.3. The zero-order valence-corrected chi connectivity index (χ0v) is 16.5. The molecule has 2 aliphatic rings. The van der Waals surface area contributed by atoms with Crippen LogP contribution in [0.15, 0.2) is 24.5 Å². The number of amides is 1. The van der Waals surface area contributed by atoms with Gasteiger partial charge in [0, 0.05) is 25.7 Å².